The Balaban J connectivity index is 1.45. The molecule has 1 aliphatic rings. The number of nitrogens with one attached hydrogen (secondary N) is 2. The highest BCUT2D eigenvalue weighted by atomic mass is 16.5. The number of benzene rings is 2. The van der Waals surface area contributed by atoms with Gasteiger partial charge >= 0.3 is 12.1 Å². The van der Waals surface area contributed by atoms with E-state index in [1.807, 2.05) is 31.2 Å². The van der Waals surface area contributed by atoms with Crippen molar-refractivity contribution in [1.82, 2.24) is 10.6 Å². The molecule has 176 valence electrons. The summed E-state index contributed by atoms with van der Waals surface area (Å²) in [5.41, 5.74) is 4.65. The molecule has 2 unspecified atom stereocenters. The fourth-order valence-corrected chi connectivity index (χ4v) is 4.30. The van der Waals surface area contributed by atoms with Crippen LogP contribution in [0.5, 0.6) is 0 Å². The Hall–Kier alpha value is -3.35. The number of fused-ring (bicyclic) bond motifs is 3. The molecule has 0 aliphatic heterocycles. The second-order valence-electron chi connectivity index (χ2n) is 8.53. The summed E-state index contributed by atoms with van der Waals surface area (Å²) < 4.78 is 5.51. The Morgan fingerprint density at radius 3 is 2.18 bits per heavy atom. The van der Waals surface area contributed by atoms with E-state index in [9.17, 15) is 14.4 Å². The van der Waals surface area contributed by atoms with E-state index in [0.29, 0.717) is 19.4 Å². The van der Waals surface area contributed by atoms with Gasteiger partial charge in [-0.25, -0.2) is 4.79 Å². The predicted octanol–water partition coefficient (Wildman–Crippen LogP) is 4.31. The lowest BCUT2D eigenvalue weighted by Gasteiger charge is -2.19. The molecule has 0 radical (unpaired) electrons. The van der Waals surface area contributed by atoms with Crippen LogP contribution in [0.3, 0.4) is 0 Å². The number of ether oxygens (including phenoxy) is 1. The van der Waals surface area contributed by atoms with Crippen LogP contribution in [0.25, 0.3) is 11.1 Å². The number of carboxylic acids is 1. The van der Waals surface area contributed by atoms with Crippen LogP contribution in [0.15, 0.2) is 48.5 Å². The molecule has 7 nitrogen and oxygen atoms in total. The Labute approximate surface area is 194 Å². The van der Waals surface area contributed by atoms with Crippen molar-refractivity contribution >= 4 is 18.0 Å². The molecule has 3 N–H and O–H groups in total. The van der Waals surface area contributed by atoms with Gasteiger partial charge in [-0.05, 0) is 35.1 Å². The number of alkyl carbamates (subject to hydrolysis) is 1. The maximum atomic E-state index is 12.4. The molecule has 7 heteroatoms. The fourth-order valence-electron chi connectivity index (χ4n) is 4.30. The van der Waals surface area contributed by atoms with Crippen LogP contribution in [-0.2, 0) is 14.3 Å². The largest absolute Gasteiger partial charge is 0.481 e. The van der Waals surface area contributed by atoms with Crippen molar-refractivity contribution in [2.75, 3.05) is 13.2 Å². The first-order valence-corrected chi connectivity index (χ1v) is 11.5. The molecule has 33 heavy (non-hydrogen) atoms. The molecule has 0 spiro atoms. The topological polar surface area (TPSA) is 105 Å². The highest BCUT2D eigenvalue weighted by Gasteiger charge is 2.29. The molecule has 2 amide bonds. The van der Waals surface area contributed by atoms with Crippen molar-refractivity contribution in [3.63, 3.8) is 0 Å². The standard InChI is InChI=1S/C26H32N2O5/c1-3-8-18(15-24(29)30)28-25(31)17(2)13-14-27-26(32)33-16-23-21-11-6-4-9-19(21)20-10-5-7-12-22(20)23/h4-7,9-12,17-18,23H,3,8,13-16H2,1-2H3,(H,27,32)(H,28,31)(H,29,30). The summed E-state index contributed by atoms with van der Waals surface area (Å²) in [6.07, 6.45) is 1.23. The van der Waals surface area contributed by atoms with Gasteiger partial charge in [0.05, 0.1) is 6.42 Å². The smallest absolute Gasteiger partial charge is 0.407 e. The third kappa shape index (κ3) is 6.34. The van der Waals surface area contributed by atoms with Crippen LogP contribution in [0.1, 0.15) is 56.6 Å². The second-order valence-corrected chi connectivity index (χ2v) is 8.53. The van der Waals surface area contributed by atoms with Gasteiger partial charge in [0.25, 0.3) is 0 Å². The molecular weight excluding hydrogens is 420 g/mol. The zero-order valence-electron chi connectivity index (χ0n) is 19.2. The quantitative estimate of drug-likeness (QED) is 0.471. The average Bonchev–Trinajstić information content (AvgIpc) is 3.11. The van der Waals surface area contributed by atoms with E-state index in [1.54, 1.807) is 6.92 Å². The molecular formula is C26H32N2O5. The average molecular weight is 453 g/mol. The minimum atomic E-state index is -0.932. The second kappa shape index (κ2) is 11.5. The molecule has 0 bridgehead atoms. The number of carbonyl (C=O) groups is 3. The van der Waals surface area contributed by atoms with Gasteiger partial charge in [-0.2, -0.15) is 0 Å². The highest BCUT2D eigenvalue weighted by Crippen LogP contribution is 2.44. The van der Waals surface area contributed by atoms with E-state index in [0.717, 1.165) is 17.5 Å². The molecule has 0 saturated heterocycles. The number of hydrogen-bond acceptors (Lipinski definition) is 4. The highest BCUT2D eigenvalue weighted by molar-refractivity contribution is 5.80. The predicted molar refractivity (Wildman–Crippen MR) is 126 cm³/mol. The Morgan fingerprint density at radius 1 is 1.00 bits per heavy atom. The molecule has 0 fully saturated rings. The first-order valence-electron chi connectivity index (χ1n) is 11.5. The normalized spacial score (nSPS) is 14.0. The van der Waals surface area contributed by atoms with Crippen LogP contribution in [0, 0.1) is 5.92 Å². The molecule has 0 heterocycles. The lowest BCUT2D eigenvalue weighted by atomic mass is 9.98. The van der Waals surface area contributed by atoms with E-state index in [-0.39, 0.29) is 36.8 Å². The Morgan fingerprint density at radius 2 is 1.61 bits per heavy atom. The van der Waals surface area contributed by atoms with Crippen LogP contribution in [0.4, 0.5) is 4.79 Å². The maximum Gasteiger partial charge on any atom is 0.407 e. The van der Waals surface area contributed by atoms with Crippen molar-refractivity contribution in [1.29, 1.82) is 0 Å². The van der Waals surface area contributed by atoms with Gasteiger partial charge in [-0.15, -0.1) is 0 Å². The number of aliphatic carboxylic acids is 1. The third-order valence-corrected chi connectivity index (χ3v) is 6.04. The minimum absolute atomic E-state index is 0.00224. The van der Waals surface area contributed by atoms with Gasteiger partial charge in [-0.1, -0.05) is 68.8 Å². The number of carboxylic acid groups (broad SMARTS) is 1. The van der Waals surface area contributed by atoms with E-state index < -0.39 is 12.1 Å². The van der Waals surface area contributed by atoms with Crippen LogP contribution in [-0.4, -0.2) is 42.3 Å². The zero-order valence-corrected chi connectivity index (χ0v) is 19.2. The first-order chi connectivity index (χ1) is 15.9. The zero-order chi connectivity index (χ0) is 23.8. The summed E-state index contributed by atoms with van der Waals surface area (Å²) >= 11 is 0. The van der Waals surface area contributed by atoms with Gasteiger partial charge in [0, 0.05) is 24.4 Å². The van der Waals surface area contributed by atoms with E-state index >= 15 is 0 Å². The van der Waals surface area contributed by atoms with Gasteiger partial charge in [0.2, 0.25) is 5.91 Å². The summed E-state index contributed by atoms with van der Waals surface area (Å²) in [7, 11) is 0. The monoisotopic (exact) mass is 452 g/mol. The Kier molecular flexibility index (Phi) is 8.46. The lowest BCUT2D eigenvalue weighted by Crippen LogP contribution is -2.40. The number of amides is 2. The van der Waals surface area contributed by atoms with E-state index in [2.05, 4.69) is 34.9 Å². The Bertz CT molecular complexity index is 945. The lowest BCUT2D eigenvalue weighted by molar-refractivity contribution is -0.137. The first kappa shape index (κ1) is 24.3. The SMILES string of the molecule is CCCC(CC(=O)O)NC(=O)C(C)CCNC(=O)OCC1c2ccccc2-c2ccccc21. The van der Waals surface area contributed by atoms with Crippen LogP contribution in [0.2, 0.25) is 0 Å². The van der Waals surface area contributed by atoms with Crippen LogP contribution >= 0.6 is 0 Å². The van der Waals surface area contributed by atoms with Crippen LogP contribution < -0.4 is 10.6 Å². The summed E-state index contributed by atoms with van der Waals surface area (Å²) in [5, 5.41) is 14.5. The molecule has 2 atom stereocenters. The molecule has 0 saturated carbocycles. The van der Waals surface area contributed by atoms with E-state index in [4.69, 9.17) is 9.84 Å². The van der Waals surface area contributed by atoms with E-state index in [1.165, 1.54) is 11.1 Å². The molecule has 0 aromatic heterocycles. The molecule has 1 aliphatic carbocycles. The summed E-state index contributed by atoms with van der Waals surface area (Å²) in [6, 6.07) is 15.9. The van der Waals surface area contributed by atoms with Crippen molar-refractivity contribution in [2.24, 2.45) is 5.92 Å². The maximum absolute atomic E-state index is 12.4. The summed E-state index contributed by atoms with van der Waals surface area (Å²) in [5.74, 6) is -1.49. The molecule has 3 rings (SSSR count). The van der Waals surface area contributed by atoms with Gasteiger partial charge < -0.3 is 20.5 Å². The number of hydrogen-bond donors (Lipinski definition) is 3. The van der Waals surface area contributed by atoms with Crippen molar-refractivity contribution in [3.8, 4) is 11.1 Å². The summed E-state index contributed by atoms with van der Waals surface area (Å²) in [4.78, 5) is 35.6. The fraction of sp³-hybridized carbons (Fsp3) is 0.423. The van der Waals surface area contributed by atoms with Gasteiger partial charge in [-0.3, -0.25) is 9.59 Å². The third-order valence-electron chi connectivity index (χ3n) is 6.04. The molecule has 2 aromatic rings. The van der Waals surface area contributed by atoms with Gasteiger partial charge in [0.1, 0.15) is 6.61 Å². The van der Waals surface area contributed by atoms with Crippen molar-refractivity contribution < 1.29 is 24.2 Å². The van der Waals surface area contributed by atoms with Crippen molar-refractivity contribution in [3.05, 3.63) is 59.7 Å². The summed E-state index contributed by atoms with van der Waals surface area (Å²) in [6.45, 7) is 4.24. The van der Waals surface area contributed by atoms with Gasteiger partial charge in [0.15, 0.2) is 0 Å². The number of rotatable bonds is 11. The number of carbonyl (C=O) groups excluding carboxylic acids is 2. The minimum Gasteiger partial charge on any atom is -0.481 e. The molecule has 2 aromatic carbocycles. The van der Waals surface area contributed by atoms with Crippen molar-refractivity contribution in [2.45, 2.75) is 51.5 Å².